The summed E-state index contributed by atoms with van der Waals surface area (Å²) in [6, 6.07) is 4.02. The van der Waals surface area contributed by atoms with Gasteiger partial charge in [0.1, 0.15) is 5.01 Å². The van der Waals surface area contributed by atoms with Crippen molar-refractivity contribution in [2.45, 2.75) is 19.8 Å². The van der Waals surface area contributed by atoms with Gasteiger partial charge in [-0.3, -0.25) is 4.79 Å². The molecule has 0 atom stereocenters. The molecular formula is C11H10BrNO2S2. The Morgan fingerprint density at radius 1 is 1.47 bits per heavy atom. The summed E-state index contributed by atoms with van der Waals surface area (Å²) in [5, 5.41) is 9.64. The number of aryl methyl sites for hydroxylation is 2. The number of carboxylic acids is 1. The number of aliphatic carboxylic acids is 1. The summed E-state index contributed by atoms with van der Waals surface area (Å²) < 4.78 is 1.08. The van der Waals surface area contributed by atoms with E-state index in [1.165, 1.54) is 0 Å². The predicted molar refractivity (Wildman–Crippen MR) is 73.8 cm³/mol. The Hall–Kier alpha value is -0.720. The predicted octanol–water partition coefficient (Wildman–Crippen LogP) is 3.96. The highest BCUT2D eigenvalue weighted by Crippen LogP contribution is 2.35. The van der Waals surface area contributed by atoms with Crippen LogP contribution in [-0.4, -0.2) is 16.1 Å². The molecule has 0 radical (unpaired) electrons. The van der Waals surface area contributed by atoms with Crippen molar-refractivity contribution >= 4 is 44.6 Å². The molecule has 2 heterocycles. The smallest absolute Gasteiger partial charge is 0.303 e. The van der Waals surface area contributed by atoms with E-state index in [1.54, 1.807) is 22.7 Å². The van der Waals surface area contributed by atoms with Crippen LogP contribution in [0.25, 0.3) is 9.88 Å². The first-order valence-corrected chi connectivity index (χ1v) is 7.42. The van der Waals surface area contributed by atoms with Gasteiger partial charge in [0.05, 0.1) is 20.8 Å². The van der Waals surface area contributed by atoms with Gasteiger partial charge in [-0.2, -0.15) is 0 Å². The Kier molecular flexibility index (Phi) is 3.96. The second kappa shape index (κ2) is 5.29. The lowest BCUT2D eigenvalue weighted by molar-refractivity contribution is -0.136. The number of halogens is 1. The maximum Gasteiger partial charge on any atom is 0.303 e. The van der Waals surface area contributed by atoms with Crippen LogP contribution in [-0.2, 0) is 11.2 Å². The van der Waals surface area contributed by atoms with E-state index < -0.39 is 5.97 Å². The molecule has 2 aromatic rings. The van der Waals surface area contributed by atoms with E-state index >= 15 is 0 Å². The highest BCUT2D eigenvalue weighted by atomic mass is 79.9. The van der Waals surface area contributed by atoms with Crippen molar-refractivity contribution in [1.29, 1.82) is 0 Å². The number of rotatable bonds is 4. The molecule has 0 spiro atoms. The molecule has 0 fully saturated rings. The topological polar surface area (TPSA) is 50.2 Å². The van der Waals surface area contributed by atoms with Gasteiger partial charge in [-0.1, -0.05) is 0 Å². The number of nitrogens with zero attached hydrogens (tertiary/aromatic N) is 1. The lowest BCUT2D eigenvalue weighted by Crippen LogP contribution is -1.96. The van der Waals surface area contributed by atoms with Crippen LogP contribution in [0.1, 0.15) is 17.0 Å². The molecule has 90 valence electrons. The van der Waals surface area contributed by atoms with Gasteiger partial charge in [0, 0.05) is 4.88 Å². The first-order valence-electron chi connectivity index (χ1n) is 5.00. The zero-order valence-corrected chi connectivity index (χ0v) is 12.3. The third-order valence-corrected chi connectivity index (χ3v) is 5.25. The van der Waals surface area contributed by atoms with Gasteiger partial charge in [-0.25, -0.2) is 4.98 Å². The third kappa shape index (κ3) is 3.14. The van der Waals surface area contributed by atoms with Crippen LogP contribution in [0.15, 0.2) is 15.9 Å². The fraction of sp³-hybridized carbons (Fsp3) is 0.273. The molecule has 3 nitrogen and oxygen atoms in total. The molecule has 0 bridgehead atoms. The molecule has 17 heavy (non-hydrogen) atoms. The summed E-state index contributed by atoms with van der Waals surface area (Å²) in [6.45, 7) is 1.93. The van der Waals surface area contributed by atoms with Crippen molar-refractivity contribution in [2.75, 3.05) is 0 Å². The molecule has 1 N–H and O–H groups in total. The van der Waals surface area contributed by atoms with Crippen LogP contribution in [0.4, 0.5) is 0 Å². The number of hydrogen-bond acceptors (Lipinski definition) is 4. The van der Waals surface area contributed by atoms with E-state index in [0.717, 1.165) is 24.2 Å². The van der Waals surface area contributed by atoms with Crippen molar-refractivity contribution in [3.05, 3.63) is 26.5 Å². The average Bonchev–Trinajstić information content (AvgIpc) is 2.82. The molecule has 2 rings (SSSR count). The van der Waals surface area contributed by atoms with Crippen LogP contribution in [0, 0.1) is 6.92 Å². The number of aromatic nitrogens is 1. The highest BCUT2D eigenvalue weighted by Gasteiger charge is 2.12. The Labute approximate surface area is 115 Å². The van der Waals surface area contributed by atoms with E-state index in [9.17, 15) is 4.79 Å². The lowest BCUT2D eigenvalue weighted by Gasteiger charge is -1.92. The van der Waals surface area contributed by atoms with E-state index in [2.05, 4.69) is 20.9 Å². The van der Waals surface area contributed by atoms with Crippen LogP contribution in [0.3, 0.4) is 0 Å². The van der Waals surface area contributed by atoms with E-state index in [0.29, 0.717) is 6.42 Å². The van der Waals surface area contributed by atoms with Crippen LogP contribution >= 0.6 is 38.6 Å². The van der Waals surface area contributed by atoms with Gasteiger partial charge >= 0.3 is 5.97 Å². The first kappa shape index (κ1) is 12.7. The van der Waals surface area contributed by atoms with E-state index in [-0.39, 0.29) is 6.42 Å². The molecule has 6 heteroatoms. The van der Waals surface area contributed by atoms with Gasteiger partial charge in [0.25, 0.3) is 0 Å². The molecule has 0 unspecified atom stereocenters. The number of thiazole rings is 1. The minimum atomic E-state index is -0.766. The molecule has 0 saturated heterocycles. The van der Waals surface area contributed by atoms with Crippen molar-refractivity contribution in [3.63, 3.8) is 0 Å². The minimum absolute atomic E-state index is 0.163. The molecule has 0 aliphatic carbocycles. The lowest BCUT2D eigenvalue weighted by atomic mass is 10.2. The molecular weight excluding hydrogens is 322 g/mol. The van der Waals surface area contributed by atoms with Crippen molar-refractivity contribution in [3.8, 4) is 9.88 Å². The van der Waals surface area contributed by atoms with E-state index in [4.69, 9.17) is 5.11 Å². The Morgan fingerprint density at radius 3 is 2.82 bits per heavy atom. The third-order valence-electron chi connectivity index (χ3n) is 2.24. The average molecular weight is 332 g/mol. The second-order valence-electron chi connectivity index (χ2n) is 3.53. The molecule has 0 aliphatic rings. The Bertz CT molecular complexity index is 547. The summed E-state index contributed by atoms with van der Waals surface area (Å²) >= 11 is 6.64. The van der Waals surface area contributed by atoms with Crippen LogP contribution < -0.4 is 0 Å². The number of carbonyl (C=O) groups is 1. The van der Waals surface area contributed by atoms with Gasteiger partial charge in [0.2, 0.25) is 0 Å². The fourth-order valence-electron chi connectivity index (χ4n) is 1.42. The van der Waals surface area contributed by atoms with Crippen molar-refractivity contribution in [2.24, 2.45) is 0 Å². The van der Waals surface area contributed by atoms with E-state index in [1.807, 2.05) is 19.1 Å². The van der Waals surface area contributed by atoms with Crippen molar-refractivity contribution in [1.82, 2.24) is 4.98 Å². The van der Waals surface area contributed by atoms with Gasteiger partial charge < -0.3 is 5.11 Å². The normalized spacial score (nSPS) is 10.7. The Morgan fingerprint density at radius 2 is 2.24 bits per heavy atom. The number of thiophene rings is 1. The standard InChI is InChI=1S/C11H10BrNO2S2/c1-6-7(3-5-10(14)15)17-11(13-6)8-2-4-9(12)16-8/h2,4H,3,5H2,1H3,(H,14,15). The Balaban J connectivity index is 2.21. The fourth-order valence-corrected chi connectivity index (χ4v) is 3.92. The molecule has 0 saturated carbocycles. The molecule has 0 aromatic carbocycles. The highest BCUT2D eigenvalue weighted by molar-refractivity contribution is 9.11. The maximum atomic E-state index is 10.5. The summed E-state index contributed by atoms with van der Waals surface area (Å²) in [5.41, 5.74) is 0.941. The molecule has 0 amide bonds. The zero-order valence-electron chi connectivity index (χ0n) is 9.07. The molecule has 0 aliphatic heterocycles. The molecule has 2 aromatic heterocycles. The quantitative estimate of drug-likeness (QED) is 0.922. The summed E-state index contributed by atoms with van der Waals surface area (Å²) in [6.07, 6.45) is 0.724. The number of carboxylic acid groups (broad SMARTS) is 1. The van der Waals surface area contributed by atoms with Gasteiger partial charge in [0.15, 0.2) is 0 Å². The SMILES string of the molecule is Cc1nc(-c2ccc(Br)s2)sc1CCC(=O)O. The van der Waals surface area contributed by atoms with Crippen LogP contribution in [0.5, 0.6) is 0 Å². The first-order chi connectivity index (χ1) is 8.06. The summed E-state index contributed by atoms with van der Waals surface area (Å²) in [7, 11) is 0. The van der Waals surface area contributed by atoms with Crippen LogP contribution in [0.2, 0.25) is 0 Å². The minimum Gasteiger partial charge on any atom is -0.481 e. The largest absolute Gasteiger partial charge is 0.481 e. The zero-order chi connectivity index (χ0) is 12.4. The van der Waals surface area contributed by atoms with Gasteiger partial charge in [-0.15, -0.1) is 22.7 Å². The number of hydrogen-bond donors (Lipinski definition) is 1. The summed E-state index contributed by atoms with van der Waals surface area (Å²) in [5.74, 6) is -0.766. The second-order valence-corrected chi connectivity index (χ2v) is 7.07. The van der Waals surface area contributed by atoms with Crippen molar-refractivity contribution < 1.29 is 9.90 Å². The van der Waals surface area contributed by atoms with Gasteiger partial charge in [-0.05, 0) is 41.4 Å². The monoisotopic (exact) mass is 331 g/mol. The summed E-state index contributed by atoms with van der Waals surface area (Å²) in [4.78, 5) is 17.2. The maximum absolute atomic E-state index is 10.5.